The summed E-state index contributed by atoms with van der Waals surface area (Å²) in [4.78, 5) is 26.8. The van der Waals surface area contributed by atoms with Crippen molar-refractivity contribution in [3.05, 3.63) is 71.0 Å². The molecule has 0 bridgehead atoms. The van der Waals surface area contributed by atoms with E-state index in [1.165, 1.54) is 36.3 Å². The van der Waals surface area contributed by atoms with E-state index >= 15 is 0 Å². The van der Waals surface area contributed by atoms with Crippen LogP contribution >= 0.6 is 0 Å². The van der Waals surface area contributed by atoms with Gasteiger partial charge in [0, 0.05) is 19.2 Å². The smallest absolute Gasteiger partial charge is 0.295 e. The van der Waals surface area contributed by atoms with Crippen molar-refractivity contribution in [2.45, 2.75) is 26.0 Å². The molecule has 1 fully saturated rings. The number of hydrogen-bond acceptors (Lipinski definition) is 5. The average Bonchev–Trinajstić information content (AvgIpc) is 2.97. The topological polar surface area (TPSA) is 76.1 Å². The summed E-state index contributed by atoms with van der Waals surface area (Å²) >= 11 is 0. The van der Waals surface area contributed by atoms with Crippen LogP contribution in [0.4, 0.5) is 4.39 Å². The van der Waals surface area contributed by atoms with Crippen LogP contribution in [0.2, 0.25) is 0 Å². The number of nitrogens with zero attached hydrogens (tertiary/aromatic N) is 1. The molecule has 3 rings (SSSR count). The van der Waals surface area contributed by atoms with Gasteiger partial charge in [0.25, 0.3) is 11.7 Å². The van der Waals surface area contributed by atoms with E-state index in [9.17, 15) is 19.1 Å². The van der Waals surface area contributed by atoms with Crippen molar-refractivity contribution in [2.75, 3.05) is 20.3 Å². The van der Waals surface area contributed by atoms with E-state index in [2.05, 4.69) is 0 Å². The number of carbonyl (C=O) groups is 2. The van der Waals surface area contributed by atoms with E-state index in [-0.39, 0.29) is 30.6 Å². The molecule has 0 aliphatic carbocycles. The first-order valence-electron chi connectivity index (χ1n) is 9.63. The Morgan fingerprint density at radius 1 is 1.10 bits per heavy atom. The Bertz CT molecular complexity index is 951. The van der Waals surface area contributed by atoms with Crippen LogP contribution in [0, 0.1) is 5.82 Å². The maximum atomic E-state index is 13.4. The zero-order valence-corrected chi connectivity index (χ0v) is 17.1. The van der Waals surface area contributed by atoms with Crippen LogP contribution in [0.25, 0.3) is 5.76 Å². The lowest BCUT2D eigenvalue weighted by Crippen LogP contribution is -2.32. The van der Waals surface area contributed by atoms with Gasteiger partial charge in [-0.3, -0.25) is 9.59 Å². The Balaban J connectivity index is 2.07. The van der Waals surface area contributed by atoms with Crippen LogP contribution in [0.5, 0.6) is 5.75 Å². The van der Waals surface area contributed by atoms with E-state index in [4.69, 9.17) is 9.47 Å². The molecule has 1 heterocycles. The quantitative estimate of drug-likeness (QED) is 0.426. The SMILES string of the molecule is COCCN1C(=O)C(=O)C(=C(O)c2ccc(OC(C)C)cc2)[C@H]1c1ccc(F)cc1. The summed E-state index contributed by atoms with van der Waals surface area (Å²) in [6.07, 6.45) is -0.00553. The normalized spacial score (nSPS) is 18.3. The lowest BCUT2D eigenvalue weighted by Gasteiger charge is -2.25. The maximum absolute atomic E-state index is 13.4. The fourth-order valence-electron chi connectivity index (χ4n) is 3.41. The van der Waals surface area contributed by atoms with Crippen LogP contribution in [-0.2, 0) is 14.3 Å². The van der Waals surface area contributed by atoms with Crippen LogP contribution in [0.15, 0.2) is 54.1 Å². The molecule has 0 saturated carbocycles. The number of aliphatic hydroxyl groups is 1. The number of ketones is 1. The minimum atomic E-state index is -0.840. The van der Waals surface area contributed by atoms with Crippen molar-refractivity contribution in [2.24, 2.45) is 0 Å². The number of Topliss-reactive ketones (excluding diaryl/α,β-unsaturated/α-hetero) is 1. The summed E-state index contributed by atoms with van der Waals surface area (Å²) in [6.45, 7) is 4.17. The van der Waals surface area contributed by atoms with Crippen molar-refractivity contribution in [3.63, 3.8) is 0 Å². The molecule has 0 aromatic heterocycles. The predicted molar refractivity (Wildman–Crippen MR) is 109 cm³/mol. The average molecular weight is 413 g/mol. The van der Waals surface area contributed by atoms with Crippen LogP contribution < -0.4 is 4.74 Å². The Morgan fingerprint density at radius 2 is 1.73 bits per heavy atom. The molecule has 1 aliphatic heterocycles. The van der Waals surface area contributed by atoms with Gasteiger partial charge in [-0.05, 0) is 55.8 Å². The highest BCUT2D eigenvalue weighted by atomic mass is 19.1. The summed E-state index contributed by atoms with van der Waals surface area (Å²) < 4.78 is 24.1. The van der Waals surface area contributed by atoms with Gasteiger partial charge in [-0.15, -0.1) is 0 Å². The van der Waals surface area contributed by atoms with Gasteiger partial charge in [0.05, 0.1) is 24.3 Å². The standard InChI is InChI=1S/C23H24FNO5/c1-14(2)30-18-10-6-16(7-11-18)21(26)19-20(15-4-8-17(24)9-5-15)25(12-13-29-3)23(28)22(19)27/h4-11,14,20,26H,12-13H2,1-3H3/t20-/m1/s1. The van der Waals surface area contributed by atoms with E-state index in [0.717, 1.165) is 0 Å². The van der Waals surface area contributed by atoms with E-state index in [1.807, 2.05) is 13.8 Å². The molecule has 30 heavy (non-hydrogen) atoms. The summed E-state index contributed by atoms with van der Waals surface area (Å²) in [5.41, 5.74) is 0.858. The van der Waals surface area contributed by atoms with Gasteiger partial charge in [-0.2, -0.15) is 0 Å². The summed E-state index contributed by atoms with van der Waals surface area (Å²) in [7, 11) is 1.49. The first kappa shape index (κ1) is 21.5. The number of rotatable bonds is 7. The van der Waals surface area contributed by atoms with Gasteiger partial charge in [-0.1, -0.05) is 12.1 Å². The number of methoxy groups -OCH3 is 1. The molecule has 1 saturated heterocycles. The molecule has 0 radical (unpaired) electrons. The van der Waals surface area contributed by atoms with Gasteiger partial charge < -0.3 is 19.5 Å². The third kappa shape index (κ3) is 4.36. The van der Waals surface area contributed by atoms with Crippen molar-refractivity contribution >= 4 is 17.4 Å². The summed E-state index contributed by atoms with van der Waals surface area (Å²) in [6, 6.07) is 11.3. The zero-order chi connectivity index (χ0) is 21.8. The fraction of sp³-hybridized carbons (Fsp3) is 0.304. The highest BCUT2D eigenvalue weighted by Gasteiger charge is 2.45. The molecule has 6 nitrogen and oxygen atoms in total. The van der Waals surface area contributed by atoms with Crippen LogP contribution in [-0.4, -0.2) is 48.1 Å². The summed E-state index contributed by atoms with van der Waals surface area (Å²) in [5.74, 6) is -1.63. The molecule has 158 valence electrons. The largest absolute Gasteiger partial charge is 0.507 e. The molecular formula is C23H24FNO5. The van der Waals surface area contributed by atoms with Crippen molar-refractivity contribution in [1.29, 1.82) is 0 Å². The van der Waals surface area contributed by atoms with Crippen LogP contribution in [0.3, 0.4) is 0 Å². The minimum absolute atomic E-state index is 0.00553. The number of ether oxygens (including phenoxy) is 2. The molecule has 0 unspecified atom stereocenters. The number of aliphatic hydroxyl groups excluding tert-OH is 1. The Kier molecular flexibility index (Phi) is 6.52. The first-order chi connectivity index (χ1) is 14.3. The molecule has 0 spiro atoms. The third-order valence-corrected chi connectivity index (χ3v) is 4.76. The number of amides is 1. The highest BCUT2D eigenvalue weighted by Crippen LogP contribution is 2.39. The first-order valence-corrected chi connectivity index (χ1v) is 9.63. The molecular weight excluding hydrogens is 389 g/mol. The van der Waals surface area contributed by atoms with E-state index in [1.54, 1.807) is 24.3 Å². The second-order valence-electron chi connectivity index (χ2n) is 7.23. The van der Waals surface area contributed by atoms with E-state index < -0.39 is 23.5 Å². The summed E-state index contributed by atoms with van der Waals surface area (Å²) in [5, 5.41) is 10.9. The molecule has 2 aromatic rings. The monoisotopic (exact) mass is 413 g/mol. The van der Waals surface area contributed by atoms with Crippen molar-refractivity contribution < 1.29 is 28.6 Å². The molecule has 1 amide bonds. The second kappa shape index (κ2) is 9.09. The number of hydrogen-bond donors (Lipinski definition) is 1. The molecule has 1 N–H and O–H groups in total. The van der Waals surface area contributed by atoms with Gasteiger partial charge in [0.2, 0.25) is 0 Å². The van der Waals surface area contributed by atoms with E-state index in [0.29, 0.717) is 16.9 Å². The molecule has 1 atom stereocenters. The second-order valence-corrected chi connectivity index (χ2v) is 7.23. The maximum Gasteiger partial charge on any atom is 0.295 e. The Labute approximate surface area is 174 Å². The minimum Gasteiger partial charge on any atom is -0.507 e. The number of halogens is 1. The lowest BCUT2D eigenvalue weighted by molar-refractivity contribution is -0.140. The zero-order valence-electron chi connectivity index (χ0n) is 17.1. The number of carbonyl (C=O) groups excluding carboxylic acids is 2. The van der Waals surface area contributed by atoms with Gasteiger partial charge in [0.1, 0.15) is 17.3 Å². The number of likely N-dealkylation sites (tertiary alicyclic amines) is 1. The van der Waals surface area contributed by atoms with Crippen LogP contribution in [0.1, 0.15) is 31.0 Å². The van der Waals surface area contributed by atoms with Gasteiger partial charge in [0.15, 0.2) is 0 Å². The van der Waals surface area contributed by atoms with Crippen molar-refractivity contribution in [3.8, 4) is 5.75 Å². The molecule has 2 aromatic carbocycles. The van der Waals surface area contributed by atoms with Crippen molar-refractivity contribution in [1.82, 2.24) is 4.90 Å². The van der Waals surface area contributed by atoms with Gasteiger partial charge in [-0.25, -0.2) is 4.39 Å². The van der Waals surface area contributed by atoms with Gasteiger partial charge >= 0.3 is 0 Å². The molecule has 1 aliphatic rings. The Hall–Kier alpha value is -3.19. The molecule has 7 heteroatoms. The lowest BCUT2D eigenvalue weighted by atomic mass is 9.95. The third-order valence-electron chi connectivity index (χ3n) is 4.76. The fourth-order valence-corrected chi connectivity index (χ4v) is 3.41. The Morgan fingerprint density at radius 3 is 2.30 bits per heavy atom. The predicted octanol–water partition coefficient (Wildman–Crippen LogP) is 3.68. The highest BCUT2D eigenvalue weighted by molar-refractivity contribution is 6.46. The number of benzene rings is 2.